The summed E-state index contributed by atoms with van der Waals surface area (Å²) in [5.41, 5.74) is -1.52. The Bertz CT molecular complexity index is 599. The third-order valence-electron chi connectivity index (χ3n) is 3.90. The monoisotopic (exact) mass is 353 g/mol. The molecule has 6 heteroatoms. The lowest BCUT2D eigenvalue weighted by Gasteiger charge is -2.25. The van der Waals surface area contributed by atoms with Crippen molar-refractivity contribution in [3.8, 4) is 0 Å². The van der Waals surface area contributed by atoms with Crippen molar-refractivity contribution in [3.63, 3.8) is 0 Å². The van der Waals surface area contributed by atoms with Crippen LogP contribution in [0.3, 0.4) is 0 Å². The van der Waals surface area contributed by atoms with E-state index >= 15 is 0 Å². The molecule has 132 valence electrons. The predicted octanol–water partition coefficient (Wildman–Crippen LogP) is 2.82. The Labute approximate surface area is 148 Å². The third-order valence-corrected chi connectivity index (χ3v) is 3.90. The maximum Gasteiger partial charge on any atom is 0.351 e. The summed E-state index contributed by atoms with van der Waals surface area (Å²) in [6.07, 6.45) is 1.42. The fourth-order valence-electron chi connectivity index (χ4n) is 2.44. The number of carbonyl (C=O) groups is 1. The van der Waals surface area contributed by atoms with Crippen LogP contribution in [0, 0.1) is 0 Å². The lowest BCUT2D eigenvalue weighted by Crippen LogP contribution is -2.39. The van der Waals surface area contributed by atoms with Gasteiger partial charge in [-0.25, -0.2) is 4.79 Å². The van der Waals surface area contributed by atoms with Crippen LogP contribution in [0.5, 0.6) is 0 Å². The third kappa shape index (κ3) is 4.38. The molecule has 0 aliphatic carbocycles. The van der Waals surface area contributed by atoms with Crippen LogP contribution in [-0.4, -0.2) is 42.2 Å². The van der Waals surface area contributed by atoms with E-state index in [0.717, 1.165) is 13.1 Å². The van der Waals surface area contributed by atoms with Gasteiger partial charge in [-0.3, -0.25) is 0 Å². The van der Waals surface area contributed by atoms with Crippen LogP contribution in [0.15, 0.2) is 53.1 Å². The summed E-state index contributed by atoms with van der Waals surface area (Å²) in [7, 11) is 0. The molecule has 0 aliphatic heterocycles. The molecule has 0 saturated heterocycles. The Morgan fingerprint density at radius 3 is 2.38 bits per heavy atom. The molecular formula is C18H24ClNO4. The minimum Gasteiger partial charge on any atom is -0.465 e. The van der Waals surface area contributed by atoms with Crippen LogP contribution in [0.25, 0.3) is 0 Å². The number of esters is 1. The van der Waals surface area contributed by atoms with E-state index in [1.807, 2.05) is 6.07 Å². The standard InChI is InChI=1S/C18H23NO4.ClH/c1-3-19(4-2)12-14-23-17(20)18(21,16-11-8-13-22-16)15-9-6-5-7-10-15;/h5-11,13,21H,3-4,12,14H2,1-2H3;1H. The van der Waals surface area contributed by atoms with Crippen LogP contribution < -0.4 is 0 Å². The van der Waals surface area contributed by atoms with Crippen LogP contribution in [-0.2, 0) is 15.1 Å². The highest BCUT2D eigenvalue weighted by Crippen LogP contribution is 2.31. The number of carbonyl (C=O) groups excluding carboxylic acids is 1. The molecule has 0 radical (unpaired) electrons. The molecule has 24 heavy (non-hydrogen) atoms. The molecule has 1 unspecified atom stereocenters. The molecule has 1 N–H and O–H groups in total. The fraction of sp³-hybridized carbons (Fsp3) is 0.389. The number of halogens is 1. The quantitative estimate of drug-likeness (QED) is 0.739. The van der Waals surface area contributed by atoms with E-state index < -0.39 is 11.6 Å². The fourth-order valence-corrected chi connectivity index (χ4v) is 2.44. The predicted molar refractivity (Wildman–Crippen MR) is 94.1 cm³/mol. The molecule has 2 rings (SSSR count). The largest absolute Gasteiger partial charge is 0.465 e. The summed E-state index contributed by atoms with van der Waals surface area (Å²) in [6.45, 7) is 6.71. The molecule has 0 spiro atoms. The summed E-state index contributed by atoms with van der Waals surface area (Å²) in [6, 6.07) is 11.9. The number of furan rings is 1. The topological polar surface area (TPSA) is 62.9 Å². The lowest BCUT2D eigenvalue weighted by atomic mass is 9.91. The molecule has 0 bridgehead atoms. The van der Waals surface area contributed by atoms with Gasteiger partial charge in [0.2, 0.25) is 5.60 Å². The number of rotatable bonds is 8. The van der Waals surface area contributed by atoms with E-state index in [9.17, 15) is 9.90 Å². The van der Waals surface area contributed by atoms with Crippen molar-refractivity contribution in [1.29, 1.82) is 0 Å². The maximum absolute atomic E-state index is 12.6. The van der Waals surface area contributed by atoms with Gasteiger partial charge in [-0.1, -0.05) is 44.2 Å². The van der Waals surface area contributed by atoms with Crippen LogP contribution in [0.4, 0.5) is 0 Å². The van der Waals surface area contributed by atoms with E-state index in [2.05, 4.69) is 18.7 Å². The van der Waals surface area contributed by atoms with Gasteiger partial charge >= 0.3 is 5.97 Å². The highest BCUT2D eigenvalue weighted by molar-refractivity contribution is 5.85. The van der Waals surface area contributed by atoms with E-state index in [1.54, 1.807) is 36.4 Å². The molecule has 5 nitrogen and oxygen atoms in total. The molecule has 0 saturated carbocycles. The average molecular weight is 354 g/mol. The Balaban J connectivity index is 0.00000288. The minimum atomic E-state index is -1.94. The van der Waals surface area contributed by atoms with Gasteiger partial charge in [0.1, 0.15) is 6.61 Å². The highest BCUT2D eigenvalue weighted by atomic mass is 35.5. The van der Waals surface area contributed by atoms with Gasteiger partial charge < -0.3 is 19.2 Å². The molecule has 2 aromatic rings. The van der Waals surface area contributed by atoms with Crippen molar-refractivity contribution in [2.24, 2.45) is 0 Å². The summed E-state index contributed by atoms with van der Waals surface area (Å²) in [5, 5.41) is 11.0. The molecule has 1 heterocycles. The second-order valence-corrected chi connectivity index (χ2v) is 5.22. The Morgan fingerprint density at radius 1 is 1.17 bits per heavy atom. The van der Waals surface area contributed by atoms with Gasteiger partial charge in [0.25, 0.3) is 0 Å². The number of aliphatic hydroxyl groups is 1. The van der Waals surface area contributed by atoms with Gasteiger partial charge in [-0.05, 0) is 25.2 Å². The first-order valence-electron chi connectivity index (χ1n) is 7.84. The zero-order valence-electron chi connectivity index (χ0n) is 14.0. The first-order valence-corrected chi connectivity index (χ1v) is 7.84. The molecule has 0 amide bonds. The number of hydrogen-bond acceptors (Lipinski definition) is 5. The number of ether oxygens (including phenoxy) is 1. The first-order chi connectivity index (χ1) is 11.1. The SMILES string of the molecule is CCN(CC)CCOC(=O)C(O)(c1ccccc1)c1ccco1.Cl. The van der Waals surface area contributed by atoms with Crippen LogP contribution >= 0.6 is 12.4 Å². The number of benzene rings is 1. The Morgan fingerprint density at radius 2 is 1.83 bits per heavy atom. The number of nitrogens with zero attached hydrogens (tertiary/aromatic N) is 1. The Hall–Kier alpha value is -1.82. The first kappa shape index (κ1) is 20.2. The van der Waals surface area contributed by atoms with Crippen molar-refractivity contribution in [2.45, 2.75) is 19.4 Å². The minimum absolute atomic E-state index is 0. The van der Waals surface area contributed by atoms with Crippen molar-refractivity contribution in [2.75, 3.05) is 26.2 Å². The van der Waals surface area contributed by atoms with Crippen LogP contribution in [0.2, 0.25) is 0 Å². The number of likely N-dealkylation sites (N-methyl/N-ethyl adjacent to an activating group) is 1. The highest BCUT2D eigenvalue weighted by Gasteiger charge is 2.44. The molecule has 1 aromatic carbocycles. The normalized spacial score (nSPS) is 13.2. The van der Waals surface area contributed by atoms with Gasteiger partial charge in [0, 0.05) is 12.1 Å². The Kier molecular flexibility index (Phi) is 7.98. The molecule has 1 aromatic heterocycles. The van der Waals surface area contributed by atoms with Gasteiger partial charge in [0.05, 0.1) is 6.26 Å². The van der Waals surface area contributed by atoms with E-state index in [-0.39, 0.29) is 24.8 Å². The molecular weight excluding hydrogens is 330 g/mol. The second-order valence-electron chi connectivity index (χ2n) is 5.22. The van der Waals surface area contributed by atoms with E-state index in [0.29, 0.717) is 12.1 Å². The van der Waals surface area contributed by atoms with Crippen molar-refractivity contribution in [1.82, 2.24) is 4.90 Å². The zero-order chi connectivity index (χ0) is 16.7. The summed E-state index contributed by atoms with van der Waals surface area (Å²) >= 11 is 0. The smallest absolute Gasteiger partial charge is 0.351 e. The summed E-state index contributed by atoms with van der Waals surface area (Å²) in [4.78, 5) is 14.7. The van der Waals surface area contributed by atoms with Gasteiger partial charge in [-0.15, -0.1) is 12.4 Å². The van der Waals surface area contributed by atoms with Crippen LogP contribution in [0.1, 0.15) is 25.2 Å². The maximum atomic E-state index is 12.6. The second kappa shape index (κ2) is 9.47. The van der Waals surface area contributed by atoms with Gasteiger partial charge in [0.15, 0.2) is 5.76 Å². The van der Waals surface area contributed by atoms with Gasteiger partial charge in [-0.2, -0.15) is 0 Å². The molecule has 0 aliphatic rings. The van der Waals surface area contributed by atoms with E-state index in [4.69, 9.17) is 9.15 Å². The lowest BCUT2D eigenvalue weighted by molar-refractivity contribution is -0.164. The summed E-state index contributed by atoms with van der Waals surface area (Å²) < 4.78 is 10.6. The van der Waals surface area contributed by atoms with Crippen molar-refractivity contribution < 1.29 is 19.1 Å². The van der Waals surface area contributed by atoms with E-state index in [1.165, 1.54) is 6.26 Å². The molecule has 1 atom stereocenters. The summed E-state index contributed by atoms with van der Waals surface area (Å²) in [5.74, 6) is -0.581. The van der Waals surface area contributed by atoms with Crippen molar-refractivity contribution in [3.05, 3.63) is 60.1 Å². The number of hydrogen-bond donors (Lipinski definition) is 1. The average Bonchev–Trinajstić information content (AvgIpc) is 3.13. The van der Waals surface area contributed by atoms with Crippen molar-refractivity contribution >= 4 is 18.4 Å². The zero-order valence-corrected chi connectivity index (χ0v) is 14.8. The molecule has 0 fully saturated rings.